The summed E-state index contributed by atoms with van der Waals surface area (Å²) in [4.78, 5) is 11.2. The first kappa shape index (κ1) is 13.0. The Kier molecular flexibility index (Phi) is 4.74. The lowest BCUT2D eigenvalue weighted by molar-refractivity contribution is -0.120. The maximum atomic E-state index is 12.8. The van der Waals surface area contributed by atoms with Crippen molar-refractivity contribution in [1.82, 2.24) is 5.32 Å². The number of nitrogens with one attached hydrogen (secondary N) is 1. The SMILES string of the molecule is Cc1cc(F)ccc1CCNC(=O)C(C)Cl. The quantitative estimate of drug-likeness (QED) is 0.809. The normalized spacial score (nSPS) is 12.2. The van der Waals surface area contributed by atoms with Crippen molar-refractivity contribution in [3.05, 3.63) is 35.1 Å². The van der Waals surface area contributed by atoms with Gasteiger partial charge in [-0.1, -0.05) is 6.07 Å². The van der Waals surface area contributed by atoms with Gasteiger partial charge in [0.15, 0.2) is 0 Å². The third kappa shape index (κ3) is 3.81. The fourth-order valence-corrected chi connectivity index (χ4v) is 1.48. The summed E-state index contributed by atoms with van der Waals surface area (Å²) in [5, 5.41) is 2.19. The van der Waals surface area contributed by atoms with E-state index < -0.39 is 5.38 Å². The van der Waals surface area contributed by atoms with E-state index in [4.69, 9.17) is 11.6 Å². The molecule has 0 spiro atoms. The second-order valence-electron chi connectivity index (χ2n) is 3.73. The summed E-state index contributed by atoms with van der Waals surface area (Å²) < 4.78 is 12.8. The fourth-order valence-electron chi connectivity index (χ4n) is 1.40. The molecule has 0 radical (unpaired) electrons. The van der Waals surface area contributed by atoms with Crippen LogP contribution in [-0.2, 0) is 11.2 Å². The summed E-state index contributed by atoms with van der Waals surface area (Å²) in [7, 11) is 0. The molecule has 1 atom stereocenters. The lowest BCUT2D eigenvalue weighted by Gasteiger charge is -2.08. The molecule has 0 aliphatic rings. The van der Waals surface area contributed by atoms with Gasteiger partial charge in [-0.25, -0.2) is 4.39 Å². The molecular weight excluding hydrogens is 229 g/mol. The number of hydrogen-bond acceptors (Lipinski definition) is 1. The van der Waals surface area contributed by atoms with E-state index >= 15 is 0 Å². The molecule has 0 bridgehead atoms. The molecule has 1 aromatic carbocycles. The highest BCUT2D eigenvalue weighted by molar-refractivity contribution is 6.30. The number of rotatable bonds is 4. The van der Waals surface area contributed by atoms with Gasteiger partial charge in [0.05, 0.1) is 0 Å². The van der Waals surface area contributed by atoms with Crippen molar-refractivity contribution in [2.45, 2.75) is 25.6 Å². The highest BCUT2D eigenvalue weighted by Gasteiger charge is 2.07. The first-order valence-electron chi connectivity index (χ1n) is 5.17. The third-order valence-corrected chi connectivity index (χ3v) is 2.56. The second-order valence-corrected chi connectivity index (χ2v) is 4.38. The molecule has 1 amide bonds. The number of hydrogen-bond donors (Lipinski definition) is 1. The van der Waals surface area contributed by atoms with E-state index in [1.165, 1.54) is 12.1 Å². The van der Waals surface area contributed by atoms with Crippen LogP contribution in [0.1, 0.15) is 18.1 Å². The van der Waals surface area contributed by atoms with Crippen LogP contribution < -0.4 is 5.32 Å². The molecule has 0 aromatic heterocycles. The van der Waals surface area contributed by atoms with Gasteiger partial charge < -0.3 is 5.32 Å². The van der Waals surface area contributed by atoms with E-state index in [9.17, 15) is 9.18 Å². The molecule has 16 heavy (non-hydrogen) atoms. The van der Waals surface area contributed by atoms with Crippen molar-refractivity contribution < 1.29 is 9.18 Å². The van der Waals surface area contributed by atoms with Crippen LogP contribution in [0.2, 0.25) is 0 Å². The van der Waals surface area contributed by atoms with E-state index in [1.807, 2.05) is 6.92 Å². The maximum absolute atomic E-state index is 12.8. The average molecular weight is 244 g/mol. The number of benzene rings is 1. The first-order valence-corrected chi connectivity index (χ1v) is 5.61. The van der Waals surface area contributed by atoms with Gasteiger partial charge >= 0.3 is 0 Å². The molecule has 0 aliphatic carbocycles. The van der Waals surface area contributed by atoms with Gasteiger partial charge in [-0.05, 0) is 43.5 Å². The van der Waals surface area contributed by atoms with Gasteiger partial charge in [0, 0.05) is 6.54 Å². The molecule has 0 saturated heterocycles. The molecule has 1 unspecified atom stereocenters. The third-order valence-electron chi connectivity index (χ3n) is 2.36. The summed E-state index contributed by atoms with van der Waals surface area (Å²) in [6.45, 7) is 3.99. The Morgan fingerprint density at radius 1 is 1.56 bits per heavy atom. The number of carbonyl (C=O) groups excluding carboxylic acids is 1. The summed E-state index contributed by atoms with van der Waals surface area (Å²) in [5.41, 5.74) is 1.93. The fraction of sp³-hybridized carbons (Fsp3) is 0.417. The van der Waals surface area contributed by atoms with Crippen molar-refractivity contribution in [3.63, 3.8) is 0 Å². The van der Waals surface area contributed by atoms with Crippen LogP contribution >= 0.6 is 11.6 Å². The molecule has 0 aliphatic heterocycles. The number of alkyl halides is 1. The van der Waals surface area contributed by atoms with E-state index in [2.05, 4.69) is 5.32 Å². The standard InChI is InChI=1S/C12H15ClFNO/c1-8-7-11(14)4-3-10(8)5-6-15-12(16)9(2)13/h3-4,7,9H,5-6H2,1-2H3,(H,15,16). The summed E-state index contributed by atoms with van der Waals surface area (Å²) in [6.07, 6.45) is 0.682. The Labute approximate surface area is 99.8 Å². The predicted octanol–water partition coefficient (Wildman–Crippen LogP) is 2.42. The van der Waals surface area contributed by atoms with Crippen LogP contribution in [0, 0.1) is 12.7 Å². The highest BCUT2D eigenvalue weighted by Crippen LogP contribution is 2.10. The van der Waals surface area contributed by atoms with Gasteiger partial charge in [-0.2, -0.15) is 0 Å². The zero-order valence-electron chi connectivity index (χ0n) is 9.39. The molecule has 1 N–H and O–H groups in total. The van der Waals surface area contributed by atoms with Crippen molar-refractivity contribution in [2.24, 2.45) is 0 Å². The van der Waals surface area contributed by atoms with Gasteiger partial charge in [0.2, 0.25) is 5.91 Å². The van der Waals surface area contributed by atoms with Crippen molar-refractivity contribution in [3.8, 4) is 0 Å². The van der Waals surface area contributed by atoms with E-state index in [-0.39, 0.29) is 11.7 Å². The molecule has 1 rings (SSSR count). The Hall–Kier alpha value is -1.09. The predicted molar refractivity (Wildman–Crippen MR) is 63.2 cm³/mol. The minimum Gasteiger partial charge on any atom is -0.354 e. The number of carbonyl (C=O) groups is 1. The van der Waals surface area contributed by atoms with Crippen LogP contribution in [-0.4, -0.2) is 17.8 Å². The Bertz CT molecular complexity index is 379. The van der Waals surface area contributed by atoms with Crippen molar-refractivity contribution in [1.29, 1.82) is 0 Å². The molecule has 0 fully saturated rings. The highest BCUT2D eigenvalue weighted by atomic mass is 35.5. The lowest BCUT2D eigenvalue weighted by Crippen LogP contribution is -2.31. The van der Waals surface area contributed by atoms with Gasteiger partial charge in [0.25, 0.3) is 0 Å². The zero-order valence-corrected chi connectivity index (χ0v) is 10.1. The topological polar surface area (TPSA) is 29.1 Å². The molecule has 2 nitrogen and oxygen atoms in total. The molecule has 88 valence electrons. The number of aryl methyl sites for hydroxylation is 1. The maximum Gasteiger partial charge on any atom is 0.237 e. The van der Waals surface area contributed by atoms with Crippen LogP contribution in [0.25, 0.3) is 0 Å². The van der Waals surface area contributed by atoms with E-state index in [0.717, 1.165) is 11.1 Å². The Morgan fingerprint density at radius 2 is 2.25 bits per heavy atom. The average Bonchev–Trinajstić information content (AvgIpc) is 2.20. The van der Waals surface area contributed by atoms with Gasteiger partial charge in [-0.15, -0.1) is 11.6 Å². The molecule has 0 heterocycles. The molecular formula is C12H15ClFNO. The van der Waals surface area contributed by atoms with E-state index in [1.54, 1.807) is 13.0 Å². The van der Waals surface area contributed by atoms with Gasteiger partial charge in [-0.3, -0.25) is 4.79 Å². The lowest BCUT2D eigenvalue weighted by atomic mass is 10.1. The summed E-state index contributed by atoms with van der Waals surface area (Å²) >= 11 is 5.60. The van der Waals surface area contributed by atoms with Crippen LogP contribution in [0.15, 0.2) is 18.2 Å². The monoisotopic (exact) mass is 243 g/mol. The van der Waals surface area contributed by atoms with Crippen molar-refractivity contribution >= 4 is 17.5 Å². The zero-order chi connectivity index (χ0) is 12.1. The number of halogens is 2. The minimum absolute atomic E-state index is 0.179. The minimum atomic E-state index is -0.519. The molecule has 0 saturated carbocycles. The summed E-state index contributed by atoms with van der Waals surface area (Å²) in [5.74, 6) is -0.416. The van der Waals surface area contributed by atoms with E-state index in [0.29, 0.717) is 13.0 Å². The van der Waals surface area contributed by atoms with Crippen LogP contribution in [0.5, 0.6) is 0 Å². The Morgan fingerprint density at radius 3 is 2.81 bits per heavy atom. The largest absolute Gasteiger partial charge is 0.354 e. The first-order chi connectivity index (χ1) is 7.50. The number of amides is 1. The van der Waals surface area contributed by atoms with Gasteiger partial charge in [0.1, 0.15) is 11.2 Å². The molecule has 1 aromatic rings. The van der Waals surface area contributed by atoms with Crippen LogP contribution in [0.4, 0.5) is 4.39 Å². The molecule has 4 heteroatoms. The Balaban J connectivity index is 2.46. The smallest absolute Gasteiger partial charge is 0.237 e. The second kappa shape index (κ2) is 5.85. The summed E-state index contributed by atoms with van der Waals surface area (Å²) in [6, 6.07) is 4.65. The van der Waals surface area contributed by atoms with Crippen LogP contribution in [0.3, 0.4) is 0 Å². The van der Waals surface area contributed by atoms with Crippen molar-refractivity contribution in [2.75, 3.05) is 6.54 Å².